The molecule has 0 amide bonds. The highest BCUT2D eigenvalue weighted by molar-refractivity contribution is 4.85. The fourth-order valence-electron chi connectivity index (χ4n) is 2.85. The fraction of sp³-hybridized carbons (Fsp3) is 1.00. The van der Waals surface area contributed by atoms with Crippen LogP contribution in [0.4, 0.5) is 0 Å². The van der Waals surface area contributed by atoms with Crippen LogP contribution in [0.15, 0.2) is 0 Å². The summed E-state index contributed by atoms with van der Waals surface area (Å²) in [5.41, 5.74) is 6.13. The highest BCUT2D eigenvalue weighted by Gasteiger charge is 2.29. The van der Waals surface area contributed by atoms with E-state index in [2.05, 4.69) is 32.7 Å². The van der Waals surface area contributed by atoms with E-state index in [4.69, 9.17) is 5.73 Å². The molecule has 0 aromatic carbocycles. The third-order valence-corrected chi connectivity index (χ3v) is 4.32. The molecule has 4 unspecified atom stereocenters. The molecular formula is C13H28N2. The van der Waals surface area contributed by atoms with Gasteiger partial charge >= 0.3 is 0 Å². The minimum Gasteiger partial charge on any atom is -0.326 e. The first kappa shape index (κ1) is 13.0. The normalized spacial score (nSPS) is 31.6. The van der Waals surface area contributed by atoms with E-state index in [0.29, 0.717) is 12.1 Å². The molecule has 90 valence electrons. The molecule has 1 saturated carbocycles. The van der Waals surface area contributed by atoms with Crippen LogP contribution in [-0.4, -0.2) is 30.1 Å². The van der Waals surface area contributed by atoms with Crippen molar-refractivity contribution >= 4 is 0 Å². The highest BCUT2D eigenvalue weighted by Crippen LogP contribution is 2.28. The van der Waals surface area contributed by atoms with Crippen LogP contribution in [0, 0.1) is 5.92 Å². The lowest BCUT2D eigenvalue weighted by atomic mass is 9.84. The zero-order chi connectivity index (χ0) is 11.4. The maximum atomic E-state index is 6.13. The van der Waals surface area contributed by atoms with Crippen molar-refractivity contribution in [3.05, 3.63) is 0 Å². The summed E-state index contributed by atoms with van der Waals surface area (Å²) in [6, 6.07) is 1.59. The summed E-state index contributed by atoms with van der Waals surface area (Å²) in [4.78, 5) is 2.53. The van der Waals surface area contributed by atoms with E-state index in [-0.39, 0.29) is 0 Å². The van der Waals surface area contributed by atoms with Gasteiger partial charge in [-0.25, -0.2) is 0 Å². The van der Waals surface area contributed by atoms with Crippen molar-refractivity contribution < 1.29 is 0 Å². The number of nitrogens with two attached hydrogens (primary N) is 1. The third kappa shape index (κ3) is 3.18. The lowest BCUT2D eigenvalue weighted by Crippen LogP contribution is -2.50. The Morgan fingerprint density at radius 3 is 2.47 bits per heavy atom. The lowest BCUT2D eigenvalue weighted by Gasteiger charge is -2.41. The number of nitrogens with zero attached hydrogens (tertiary/aromatic N) is 1. The Labute approximate surface area is 95.2 Å². The third-order valence-electron chi connectivity index (χ3n) is 4.32. The van der Waals surface area contributed by atoms with E-state index in [0.717, 1.165) is 18.4 Å². The van der Waals surface area contributed by atoms with Crippen molar-refractivity contribution in [3.8, 4) is 0 Å². The molecule has 0 aromatic heterocycles. The molecule has 4 atom stereocenters. The average Bonchev–Trinajstić information content (AvgIpc) is 2.26. The van der Waals surface area contributed by atoms with E-state index in [1.54, 1.807) is 0 Å². The Kier molecular flexibility index (Phi) is 5.07. The first-order chi connectivity index (χ1) is 7.07. The molecule has 2 N–H and O–H groups in total. The van der Waals surface area contributed by atoms with Gasteiger partial charge in [0.25, 0.3) is 0 Å². The maximum absolute atomic E-state index is 6.13. The first-order valence-electron chi connectivity index (χ1n) is 6.55. The van der Waals surface area contributed by atoms with Crippen LogP contribution in [0.2, 0.25) is 0 Å². The number of hydrogen-bond acceptors (Lipinski definition) is 2. The smallest absolute Gasteiger partial charge is 0.0218 e. The van der Waals surface area contributed by atoms with Crippen molar-refractivity contribution in [2.45, 2.75) is 71.0 Å². The van der Waals surface area contributed by atoms with E-state index in [1.807, 2.05) is 0 Å². The molecule has 1 aliphatic carbocycles. The Morgan fingerprint density at radius 2 is 1.93 bits per heavy atom. The molecule has 1 rings (SSSR count). The molecule has 0 aromatic rings. The van der Waals surface area contributed by atoms with Gasteiger partial charge in [0.15, 0.2) is 0 Å². The Hall–Kier alpha value is -0.0800. The molecule has 15 heavy (non-hydrogen) atoms. The SMILES string of the molecule is CCC(N)C(C)N(C)C1CCCCC1C. The fourth-order valence-corrected chi connectivity index (χ4v) is 2.85. The second-order valence-corrected chi connectivity index (χ2v) is 5.31. The van der Waals surface area contributed by atoms with Gasteiger partial charge in [-0.1, -0.05) is 26.7 Å². The monoisotopic (exact) mass is 212 g/mol. The number of rotatable bonds is 4. The summed E-state index contributed by atoms with van der Waals surface area (Å²) in [6.07, 6.45) is 6.64. The van der Waals surface area contributed by atoms with E-state index < -0.39 is 0 Å². The van der Waals surface area contributed by atoms with Crippen LogP contribution < -0.4 is 5.73 Å². The van der Waals surface area contributed by atoms with Gasteiger partial charge in [-0.05, 0) is 39.2 Å². The molecule has 1 aliphatic rings. The first-order valence-corrected chi connectivity index (χ1v) is 6.55. The van der Waals surface area contributed by atoms with Gasteiger partial charge in [0, 0.05) is 18.1 Å². The number of likely N-dealkylation sites (N-methyl/N-ethyl adjacent to an activating group) is 1. The zero-order valence-corrected chi connectivity index (χ0v) is 10.9. The van der Waals surface area contributed by atoms with Crippen LogP contribution in [-0.2, 0) is 0 Å². The minimum absolute atomic E-state index is 0.323. The molecule has 0 radical (unpaired) electrons. The standard InChI is InChI=1S/C13H28N2/c1-5-12(14)11(3)15(4)13-9-7-6-8-10(13)2/h10-13H,5-9,14H2,1-4H3. The van der Waals surface area contributed by atoms with Gasteiger partial charge in [0.2, 0.25) is 0 Å². The highest BCUT2D eigenvalue weighted by atomic mass is 15.2. The minimum atomic E-state index is 0.323. The molecule has 0 saturated heterocycles. The van der Waals surface area contributed by atoms with Crippen molar-refractivity contribution in [3.63, 3.8) is 0 Å². The summed E-state index contributed by atoms with van der Waals surface area (Å²) in [6.45, 7) is 6.85. The van der Waals surface area contributed by atoms with Crippen molar-refractivity contribution in [1.29, 1.82) is 0 Å². The van der Waals surface area contributed by atoms with E-state index in [1.165, 1.54) is 25.7 Å². The Morgan fingerprint density at radius 1 is 1.33 bits per heavy atom. The van der Waals surface area contributed by atoms with Crippen LogP contribution in [0.3, 0.4) is 0 Å². The second kappa shape index (κ2) is 5.86. The second-order valence-electron chi connectivity index (χ2n) is 5.31. The van der Waals surface area contributed by atoms with Crippen LogP contribution >= 0.6 is 0 Å². The van der Waals surface area contributed by atoms with Crippen LogP contribution in [0.25, 0.3) is 0 Å². The Balaban J connectivity index is 2.53. The summed E-state index contributed by atoms with van der Waals surface area (Å²) >= 11 is 0. The van der Waals surface area contributed by atoms with Crippen molar-refractivity contribution in [2.75, 3.05) is 7.05 Å². The lowest BCUT2D eigenvalue weighted by molar-refractivity contribution is 0.0910. The van der Waals surface area contributed by atoms with Gasteiger partial charge in [-0.3, -0.25) is 4.90 Å². The predicted molar refractivity (Wildman–Crippen MR) is 66.9 cm³/mol. The predicted octanol–water partition coefficient (Wildman–Crippen LogP) is 2.62. The average molecular weight is 212 g/mol. The molecule has 2 heteroatoms. The molecule has 0 spiro atoms. The van der Waals surface area contributed by atoms with Gasteiger partial charge in [0.1, 0.15) is 0 Å². The zero-order valence-electron chi connectivity index (χ0n) is 10.9. The van der Waals surface area contributed by atoms with Gasteiger partial charge in [-0.2, -0.15) is 0 Å². The molecule has 1 fully saturated rings. The van der Waals surface area contributed by atoms with E-state index >= 15 is 0 Å². The van der Waals surface area contributed by atoms with Crippen LogP contribution in [0.1, 0.15) is 52.9 Å². The van der Waals surface area contributed by atoms with E-state index in [9.17, 15) is 0 Å². The van der Waals surface area contributed by atoms with Gasteiger partial charge < -0.3 is 5.73 Å². The molecular weight excluding hydrogens is 184 g/mol. The molecule has 2 nitrogen and oxygen atoms in total. The molecule has 0 bridgehead atoms. The van der Waals surface area contributed by atoms with Crippen LogP contribution in [0.5, 0.6) is 0 Å². The van der Waals surface area contributed by atoms with Gasteiger partial charge in [0.05, 0.1) is 0 Å². The maximum Gasteiger partial charge on any atom is 0.0218 e. The Bertz CT molecular complexity index is 181. The quantitative estimate of drug-likeness (QED) is 0.776. The summed E-state index contributed by atoms with van der Waals surface area (Å²) < 4.78 is 0. The number of hydrogen-bond donors (Lipinski definition) is 1. The van der Waals surface area contributed by atoms with Gasteiger partial charge in [-0.15, -0.1) is 0 Å². The van der Waals surface area contributed by atoms with Crippen molar-refractivity contribution in [2.24, 2.45) is 11.7 Å². The molecule has 0 heterocycles. The summed E-state index contributed by atoms with van der Waals surface area (Å²) in [7, 11) is 2.26. The molecule has 0 aliphatic heterocycles. The van der Waals surface area contributed by atoms with Crippen molar-refractivity contribution in [1.82, 2.24) is 4.90 Å². The largest absolute Gasteiger partial charge is 0.326 e. The summed E-state index contributed by atoms with van der Waals surface area (Å²) in [5, 5.41) is 0. The topological polar surface area (TPSA) is 29.3 Å². The summed E-state index contributed by atoms with van der Waals surface area (Å²) in [5.74, 6) is 0.843.